The summed E-state index contributed by atoms with van der Waals surface area (Å²) in [5.74, 6) is 2.20. The van der Waals surface area contributed by atoms with Crippen molar-refractivity contribution < 1.29 is 4.42 Å². The lowest BCUT2D eigenvalue weighted by Gasteiger charge is -1.93. The second-order valence-corrected chi connectivity index (χ2v) is 5.13. The van der Waals surface area contributed by atoms with Gasteiger partial charge in [0.05, 0.1) is 0 Å². The van der Waals surface area contributed by atoms with Crippen molar-refractivity contribution in [2.24, 2.45) is 7.05 Å². The van der Waals surface area contributed by atoms with Crippen LogP contribution in [0.4, 0.5) is 0 Å². The van der Waals surface area contributed by atoms with Crippen LogP contribution < -0.4 is 0 Å². The Balaban J connectivity index is 0.000000178. The Labute approximate surface area is 125 Å². The van der Waals surface area contributed by atoms with E-state index in [0.29, 0.717) is 11.8 Å². The molecule has 104 valence electrons. The van der Waals surface area contributed by atoms with E-state index >= 15 is 0 Å². The second-order valence-electron chi connectivity index (χ2n) is 4.22. The Morgan fingerprint density at radius 3 is 2.20 bits per heavy atom. The third kappa shape index (κ3) is 3.77. The molecule has 0 unspecified atom stereocenters. The van der Waals surface area contributed by atoms with Gasteiger partial charge in [0.1, 0.15) is 5.82 Å². The Bertz CT molecular complexity index is 656. The minimum Gasteiger partial charge on any atom is -0.421 e. The van der Waals surface area contributed by atoms with Crippen LogP contribution in [0.3, 0.4) is 0 Å². The molecule has 5 nitrogen and oxygen atoms in total. The van der Waals surface area contributed by atoms with Crippen molar-refractivity contribution in [2.45, 2.75) is 13.8 Å². The average molecular weight is 335 g/mol. The molecule has 0 radical (unpaired) electrons. The zero-order chi connectivity index (χ0) is 14.5. The highest BCUT2D eigenvalue weighted by atomic mass is 79.9. The molecule has 6 heteroatoms. The normalized spacial score (nSPS) is 10.0. The first kappa shape index (κ1) is 14.5. The van der Waals surface area contributed by atoms with Gasteiger partial charge in [-0.2, -0.15) is 0 Å². The van der Waals surface area contributed by atoms with Gasteiger partial charge in [-0.3, -0.25) is 0 Å². The average Bonchev–Trinajstić information content (AvgIpc) is 3.01. The molecule has 3 aromatic rings. The molecule has 0 spiro atoms. The lowest BCUT2D eigenvalue weighted by molar-refractivity contribution is 0.533. The molecule has 2 heterocycles. The van der Waals surface area contributed by atoms with Gasteiger partial charge in [0.2, 0.25) is 11.8 Å². The topological polar surface area (TPSA) is 56.7 Å². The molecule has 0 aliphatic carbocycles. The van der Waals surface area contributed by atoms with Gasteiger partial charge in [-0.15, -0.1) is 10.2 Å². The van der Waals surface area contributed by atoms with Crippen LogP contribution in [-0.2, 0) is 7.05 Å². The van der Waals surface area contributed by atoms with E-state index in [-0.39, 0.29) is 0 Å². The zero-order valence-corrected chi connectivity index (χ0v) is 13.1. The van der Waals surface area contributed by atoms with Crippen LogP contribution >= 0.6 is 15.9 Å². The van der Waals surface area contributed by atoms with Gasteiger partial charge in [-0.25, -0.2) is 4.98 Å². The monoisotopic (exact) mass is 334 g/mol. The summed E-state index contributed by atoms with van der Waals surface area (Å²) in [5.41, 5.74) is 0.934. The van der Waals surface area contributed by atoms with Crippen LogP contribution in [0, 0.1) is 13.8 Å². The summed E-state index contributed by atoms with van der Waals surface area (Å²) < 4.78 is 8.28. The molecule has 2 aromatic heterocycles. The number of benzene rings is 1. The number of imidazole rings is 1. The lowest BCUT2D eigenvalue weighted by atomic mass is 10.2. The van der Waals surface area contributed by atoms with Gasteiger partial charge in [-0.05, 0) is 31.2 Å². The Morgan fingerprint density at radius 2 is 1.80 bits per heavy atom. The second kappa shape index (κ2) is 6.47. The summed E-state index contributed by atoms with van der Waals surface area (Å²) in [7, 11) is 1.97. The van der Waals surface area contributed by atoms with Gasteiger partial charge in [-0.1, -0.05) is 15.9 Å². The first-order valence-electron chi connectivity index (χ1n) is 6.06. The van der Waals surface area contributed by atoms with Crippen molar-refractivity contribution in [3.63, 3.8) is 0 Å². The molecule has 0 fully saturated rings. The van der Waals surface area contributed by atoms with Gasteiger partial charge >= 0.3 is 0 Å². The molecule has 0 N–H and O–H groups in total. The van der Waals surface area contributed by atoms with Crippen LogP contribution in [0.25, 0.3) is 11.5 Å². The van der Waals surface area contributed by atoms with Gasteiger partial charge < -0.3 is 8.98 Å². The quantitative estimate of drug-likeness (QED) is 0.683. The number of aromatic nitrogens is 4. The van der Waals surface area contributed by atoms with E-state index in [2.05, 4.69) is 31.1 Å². The highest BCUT2D eigenvalue weighted by molar-refractivity contribution is 9.10. The minimum absolute atomic E-state index is 0.560. The molecule has 0 saturated carbocycles. The molecular formula is C14H15BrN4O. The predicted octanol–water partition coefficient (Wildman–Crippen LogP) is 3.54. The number of hydrogen-bond acceptors (Lipinski definition) is 4. The van der Waals surface area contributed by atoms with Crippen molar-refractivity contribution in [1.82, 2.24) is 19.7 Å². The van der Waals surface area contributed by atoms with E-state index in [1.54, 1.807) is 13.1 Å². The van der Waals surface area contributed by atoms with E-state index in [9.17, 15) is 0 Å². The van der Waals surface area contributed by atoms with Crippen molar-refractivity contribution in [2.75, 3.05) is 0 Å². The molecule has 0 amide bonds. The number of hydrogen-bond donors (Lipinski definition) is 0. The molecule has 0 aliphatic rings. The SMILES string of the molecule is Cc1nccn1C.Cc1nnc(-c2ccc(Br)cc2)o1. The van der Waals surface area contributed by atoms with E-state index in [1.807, 2.05) is 49.0 Å². The maximum atomic E-state index is 5.27. The van der Waals surface area contributed by atoms with Crippen molar-refractivity contribution in [1.29, 1.82) is 0 Å². The third-order valence-corrected chi connectivity index (χ3v) is 3.21. The minimum atomic E-state index is 0.560. The summed E-state index contributed by atoms with van der Waals surface area (Å²) >= 11 is 3.36. The van der Waals surface area contributed by atoms with E-state index in [4.69, 9.17) is 4.42 Å². The van der Waals surface area contributed by atoms with E-state index < -0.39 is 0 Å². The molecule has 0 aliphatic heterocycles. The fraction of sp³-hybridized carbons (Fsp3) is 0.214. The molecule has 0 saturated heterocycles. The Kier molecular flexibility index (Phi) is 4.68. The van der Waals surface area contributed by atoms with Crippen LogP contribution in [0.5, 0.6) is 0 Å². The number of halogens is 1. The van der Waals surface area contributed by atoms with Crippen molar-refractivity contribution >= 4 is 15.9 Å². The summed E-state index contributed by atoms with van der Waals surface area (Å²) in [5, 5.41) is 7.67. The first-order valence-corrected chi connectivity index (χ1v) is 6.85. The van der Waals surface area contributed by atoms with E-state index in [0.717, 1.165) is 15.9 Å². The Hall–Kier alpha value is -1.95. The summed E-state index contributed by atoms with van der Waals surface area (Å²) in [4.78, 5) is 3.98. The molecule has 0 atom stereocenters. The van der Waals surface area contributed by atoms with Crippen LogP contribution in [0.2, 0.25) is 0 Å². The summed E-state index contributed by atoms with van der Waals surface area (Å²) in [6.45, 7) is 3.75. The predicted molar refractivity (Wildman–Crippen MR) is 80.1 cm³/mol. The van der Waals surface area contributed by atoms with Crippen molar-refractivity contribution in [3.05, 3.63) is 52.8 Å². The summed E-state index contributed by atoms with van der Waals surface area (Å²) in [6, 6.07) is 7.73. The maximum absolute atomic E-state index is 5.27. The van der Waals surface area contributed by atoms with Gasteiger partial charge in [0.15, 0.2) is 0 Å². The van der Waals surface area contributed by atoms with Crippen LogP contribution in [-0.4, -0.2) is 19.7 Å². The van der Waals surface area contributed by atoms with E-state index in [1.165, 1.54) is 0 Å². The smallest absolute Gasteiger partial charge is 0.247 e. The molecule has 0 bridgehead atoms. The number of rotatable bonds is 1. The molecule has 3 rings (SSSR count). The van der Waals surface area contributed by atoms with Crippen LogP contribution in [0.15, 0.2) is 45.5 Å². The highest BCUT2D eigenvalue weighted by Gasteiger charge is 2.04. The fourth-order valence-electron chi connectivity index (χ4n) is 1.45. The standard InChI is InChI=1S/C9H7BrN2O.C5H8N2/c1-6-11-12-9(13-6)7-2-4-8(10)5-3-7;1-5-6-3-4-7(5)2/h2-5H,1H3;3-4H,1-2H3. The molecule has 1 aromatic carbocycles. The number of nitrogens with zero attached hydrogens (tertiary/aromatic N) is 4. The largest absolute Gasteiger partial charge is 0.421 e. The van der Waals surface area contributed by atoms with Crippen molar-refractivity contribution in [3.8, 4) is 11.5 Å². The maximum Gasteiger partial charge on any atom is 0.247 e. The summed E-state index contributed by atoms with van der Waals surface area (Å²) in [6.07, 6.45) is 3.71. The van der Waals surface area contributed by atoms with Gasteiger partial charge in [0, 0.05) is 36.4 Å². The highest BCUT2D eigenvalue weighted by Crippen LogP contribution is 2.19. The molecule has 20 heavy (non-hydrogen) atoms. The Morgan fingerprint density at radius 1 is 1.10 bits per heavy atom. The lowest BCUT2D eigenvalue weighted by Crippen LogP contribution is -1.86. The van der Waals surface area contributed by atoms with Crippen LogP contribution in [0.1, 0.15) is 11.7 Å². The third-order valence-electron chi connectivity index (χ3n) is 2.68. The zero-order valence-electron chi connectivity index (χ0n) is 11.5. The number of aryl methyl sites for hydroxylation is 3. The van der Waals surface area contributed by atoms with Gasteiger partial charge in [0.25, 0.3) is 0 Å². The fourth-order valence-corrected chi connectivity index (χ4v) is 1.71. The first-order chi connectivity index (χ1) is 9.56. The molecular weight excluding hydrogens is 320 g/mol.